The van der Waals surface area contributed by atoms with Gasteiger partial charge in [-0.1, -0.05) is 5.92 Å². The van der Waals surface area contributed by atoms with Gasteiger partial charge in [0.2, 0.25) is 0 Å². The normalized spacial score (nSPS) is 9.33. The summed E-state index contributed by atoms with van der Waals surface area (Å²) >= 11 is 0. The van der Waals surface area contributed by atoms with Gasteiger partial charge in [0.15, 0.2) is 0 Å². The second-order valence-corrected chi connectivity index (χ2v) is 3.48. The van der Waals surface area contributed by atoms with Crippen LogP contribution in [0.5, 0.6) is 5.75 Å². The fraction of sp³-hybridized carbons (Fsp3) is 0.308. The number of terminal acetylenes is 1. The summed E-state index contributed by atoms with van der Waals surface area (Å²) in [7, 11) is 0. The Labute approximate surface area is 106 Å². The summed E-state index contributed by atoms with van der Waals surface area (Å²) in [4.78, 5) is 11.4. The van der Waals surface area contributed by atoms with Crippen molar-refractivity contribution in [2.24, 2.45) is 0 Å². The van der Waals surface area contributed by atoms with E-state index in [9.17, 15) is 4.79 Å². The van der Waals surface area contributed by atoms with E-state index < -0.39 is 0 Å². The first-order chi connectivity index (χ1) is 8.76. The monoisotopic (exact) mass is 248 g/mol. The predicted molar refractivity (Wildman–Crippen MR) is 69.5 cm³/mol. The number of carbonyl (C=O) groups is 1. The standard InChI is InChI=1S/C13H16N2O3/c1-2-10-18-12-6-4-11(5-7-12)15-13(17)14-8-3-9-16/h1,4-7,16H,3,8-10H2,(H2,14,15,17). The fourth-order valence-electron chi connectivity index (χ4n) is 1.22. The van der Waals surface area contributed by atoms with Gasteiger partial charge in [-0.05, 0) is 30.7 Å². The van der Waals surface area contributed by atoms with Gasteiger partial charge in [0.1, 0.15) is 12.4 Å². The van der Waals surface area contributed by atoms with Crippen LogP contribution in [0.1, 0.15) is 6.42 Å². The third-order valence-corrected chi connectivity index (χ3v) is 2.05. The van der Waals surface area contributed by atoms with Crippen molar-refractivity contribution < 1.29 is 14.6 Å². The third kappa shape index (κ3) is 5.23. The quantitative estimate of drug-likeness (QED) is 0.523. The highest BCUT2D eigenvalue weighted by Crippen LogP contribution is 2.15. The predicted octanol–water partition coefficient (Wildman–Crippen LogP) is 1.20. The number of rotatable bonds is 6. The Morgan fingerprint density at radius 2 is 2.11 bits per heavy atom. The van der Waals surface area contributed by atoms with Crippen molar-refractivity contribution in [1.82, 2.24) is 5.32 Å². The van der Waals surface area contributed by atoms with Crippen LogP contribution in [-0.2, 0) is 0 Å². The van der Waals surface area contributed by atoms with Crippen molar-refractivity contribution >= 4 is 11.7 Å². The van der Waals surface area contributed by atoms with Gasteiger partial charge in [-0.3, -0.25) is 0 Å². The van der Waals surface area contributed by atoms with E-state index in [1.165, 1.54) is 0 Å². The number of hydrogen-bond donors (Lipinski definition) is 3. The first-order valence-corrected chi connectivity index (χ1v) is 5.58. The second kappa shape index (κ2) is 7.98. The number of benzene rings is 1. The largest absolute Gasteiger partial charge is 0.481 e. The molecule has 1 rings (SSSR count). The van der Waals surface area contributed by atoms with E-state index in [0.29, 0.717) is 24.4 Å². The van der Waals surface area contributed by atoms with Crippen LogP contribution in [0.2, 0.25) is 0 Å². The lowest BCUT2D eigenvalue weighted by atomic mass is 10.3. The Hall–Kier alpha value is -2.19. The van der Waals surface area contributed by atoms with Gasteiger partial charge in [0.25, 0.3) is 0 Å². The average Bonchev–Trinajstić information content (AvgIpc) is 2.38. The minimum atomic E-state index is -0.305. The van der Waals surface area contributed by atoms with Crippen molar-refractivity contribution in [2.75, 3.05) is 25.1 Å². The van der Waals surface area contributed by atoms with E-state index in [-0.39, 0.29) is 19.2 Å². The number of amides is 2. The van der Waals surface area contributed by atoms with E-state index in [1.54, 1.807) is 24.3 Å². The molecule has 0 spiro atoms. The van der Waals surface area contributed by atoms with E-state index in [1.807, 2.05) is 0 Å². The van der Waals surface area contributed by atoms with Crippen LogP contribution in [-0.4, -0.2) is 30.9 Å². The van der Waals surface area contributed by atoms with Crippen LogP contribution < -0.4 is 15.4 Å². The van der Waals surface area contributed by atoms with Crippen molar-refractivity contribution in [3.63, 3.8) is 0 Å². The SMILES string of the molecule is C#CCOc1ccc(NC(=O)NCCCO)cc1. The zero-order valence-corrected chi connectivity index (χ0v) is 9.98. The number of nitrogens with one attached hydrogen (secondary N) is 2. The van der Waals surface area contributed by atoms with E-state index in [2.05, 4.69) is 16.6 Å². The van der Waals surface area contributed by atoms with Gasteiger partial charge in [-0.2, -0.15) is 0 Å². The van der Waals surface area contributed by atoms with E-state index in [0.717, 1.165) is 0 Å². The molecule has 0 fully saturated rings. The molecular formula is C13H16N2O3. The smallest absolute Gasteiger partial charge is 0.319 e. The van der Waals surface area contributed by atoms with Crippen LogP contribution in [0, 0.1) is 12.3 Å². The summed E-state index contributed by atoms with van der Waals surface area (Å²) in [5, 5.41) is 13.8. The summed E-state index contributed by atoms with van der Waals surface area (Å²) in [5.41, 5.74) is 0.657. The van der Waals surface area contributed by atoms with Crippen molar-refractivity contribution in [2.45, 2.75) is 6.42 Å². The summed E-state index contributed by atoms with van der Waals surface area (Å²) in [6.45, 7) is 0.710. The number of aliphatic hydroxyl groups excluding tert-OH is 1. The zero-order chi connectivity index (χ0) is 13.2. The molecule has 1 aromatic rings. The fourth-order valence-corrected chi connectivity index (χ4v) is 1.22. The number of urea groups is 1. The molecule has 96 valence electrons. The van der Waals surface area contributed by atoms with Gasteiger partial charge in [0.05, 0.1) is 0 Å². The Morgan fingerprint density at radius 3 is 2.72 bits per heavy atom. The Morgan fingerprint density at radius 1 is 1.39 bits per heavy atom. The molecule has 18 heavy (non-hydrogen) atoms. The lowest BCUT2D eigenvalue weighted by Crippen LogP contribution is -2.29. The molecule has 0 saturated heterocycles. The van der Waals surface area contributed by atoms with Crippen molar-refractivity contribution in [3.05, 3.63) is 24.3 Å². The molecule has 0 aliphatic rings. The molecule has 0 unspecified atom stereocenters. The Bertz CT molecular complexity index is 409. The third-order valence-electron chi connectivity index (χ3n) is 2.05. The van der Waals surface area contributed by atoms with Crippen LogP contribution in [0.15, 0.2) is 24.3 Å². The molecule has 0 bridgehead atoms. The highest BCUT2D eigenvalue weighted by atomic mass is 16.5. The summed E-state index contributed by atoms with van der Waals surface area (Å²) < 4.78 is 5.20. The molecule has 0 aliphatic heterocycles. The maximum absolute atomic E-state index is 11.4. The molecule has 1 aromatic carbocycles. The van der Waals surface area contributed by atoms with Crippen molar-refractivity contribution in [1.29, 1.82) is 0 Å². The van der Waals surface area contributed by atoms with Gasteiger partial charge in [0, 0.05) is 18.8 Å². The molecule has 5 heteroatoms. The van der Waals surface area contributed by atoms with Crippen LogP contribution in [0.3, 0.4) is 0 Å². The molecule has 0 radical (unpaired) electrons. The minimum Gasteiger partial charge on any atom is -0.481 e. The van der Waals surface area contributed by atoms with Crippen molar-refractivity contribution in [3.8, 4) is 18.1 Å². The number of carbonyl (C=O) groups excluding carboxylic acids is 1. The summed E-state index contributed by atoms with van der Waals surface area (Å²) in [6, 6.07) is 6.58. The van der Waals surface area contributed by atoms with E-state index in [4.69, 9.17) is 16.3 Å². The molecule has 5 nitrogen and oxygen atoms in total. The first kappa shape index (κ1) is 13.9. The molecule has 0 saturated carbocycles. The number of aliphatic hydroxyl groups is 1. The average molecular weight is 248 g/mol. The molecule has 0 aliphatic carbocycles. The van der Waals surface area contributed by atoms with Crippen LogP contribution in [0.25, 0.3) is 0 Å². The lowest BCUT2D eigenvalue weighted by Gasteiger charge is -2.08. The molecule has 0 heterocycles. The minimum absolute atomic E-state index is 0.0570. The number of anilines is 1. The number of hydrogen-bond acceptors (Lipinski definition) is 3. The maximum atomic E-state index is 11.4. The van der Waals surface area contributed by atoms with Gasteiger partial charge >= 0.3 is 6.03 Å². The molecule has 0 atom stereocenters. The molecule has 3 N–H and O–H groups in total. The lowest BCUT2D eigenvalue weighted by molar-refractivity contribution is 0.249. The van der Waals surface area contributed by atoms with E-state index >= 15 is 0 Å². The summed E-state index contributed by atoms with van der Waals surface area (Å²) in [6.07, 6.45) is 5.61. The first-order valence-electron chi connectivity index (χ1n) is 5.58. The second-order valence-electron chi connectivity index (χ2n) is 3.48. The topological polar surface area (TPSA) is 70.6 Å². The molecule has 0 aromatic heterocycles. The molecule has 2 amide bonds. The Kier molecular flexibility index (Phi) is 6.15. The maximum Gasteiger partial charge on any atom is 0.319 e. The van der Waals surface area contributed by atoms with Crippen LogP contribution >= 0.6 is 0 Å². The highest BCUT2D eigenvalue weighted by Gasteiger charge is 2.00. The number of ether oxygens (including phenoxy) is 1. The summed E-state index contributed by atoms with van der Waals surface area (Å²) in [5.74, 6) is 3.02. The van der Waals surface area contributed by atoms with Gasteiger partial charge < -0.3 is 20.5 Å². The van der Waals surface area contributed by atoms with Gasteiger partial charge in [-0.15, -0.1) is 6.42 Å². The van der Waals surface area contributed by atoms with Gasteiger partial charge in [-0.25, -0.2) is 4.79 Å². The zero-order valence-electron chi connectivity index (χ0n) is 9.98. The molecular weight excluding hydrogens is 232 g/mol. The highest BCUT2D eigenvalue weighted by molar-refractivity contribution is 5.89. The van der Waals surface area contributed by atoms with Crippen LogP contribution in [0.4, 0.5) is 10.5 Å². The Balaban J connectivity index is 2.38.